The van der Waals surface area contributed by atoms with Crippen LogP contribution in [-0.4, -0.2) is 38.0 Å². The molecule has 0 aliphatic carbocycles. The van der Waals surface area contributed by atoms with Gasteiger partial charge in [-0.15, -0.1) is 0 Å². The Morgan fingerprint density at radius 2 is 1.67 bits per heavy atom. The van der Waals surface area contributed by atoms with Crippen molar-refractivity contribution in [3.05, 3.63) is 29.8 Å². The van der Waals surface area contributed by atoms with Gasteiger partial charge in [-0.1, -0.05) is 19.4 Å². The van der Waals surface area contributed by atoms with Crippen LogP contribution in [0.15, 0.2) is 24.3 Å². The summed E-state index contributed by atoms with van der Waals surface area (Å²) in [6, 6.07) is 4.73. The Bertz CT molecular complexity index is 772. The Balaban J connectivity index is 2.57. The zero-order chi connectivity index (χ0) is 17.9. The molecule has 0 aromatic heterocycles. The molecule has 0 saturated heterocycles. The lowest BCUT2D eigenvalue weighted by Crippen LogP contribution is -2.25. The van der Waals surface area contributed by atoms with E-state index in [1.807, 2.05) is 6.92 Å². The molecule has 0 atom stereocenters. The first-order valence-corrected chi connectivity index (χ1v) is 7.45. The maximum atomic E-state index is 12.4. The van der Waals surface area contributed by atoms with Crippen molar-refractivity contribution in [2.75, 3.05) is 6.54 Å². The van der Waals surface area contributed by atoms with E-state index in [-0.39, 0.29) is 22.4 Å². The first-order valence-electron chi connectivity index (χ1n) is 7.45. The van der Waals surface area contributed by atoms with Crippen molar-refractivity contribution in [2.45, 2.75) is 19.8 Å². The maximum Gasteiger partial charge on any atom is 0.252 e. The van der Waals surface area contributed by atoms with E-state index in [0.717, 1.165) is 25.0 Å². The Kier molecular flexibility index (Phi) is 5.03. The highest BCUT2D eigenvalue weighted by atomic mass is 16.3. The molecule has 0 heterocycles. The maximum absolute atomic E-state index is 12.4. The van der Waals surface area contributed by atoms with E-state index in [1.54, 1.807) is 0 Å². The number of phenolic OH excluding ortho intramolecular Hbond substituents is 5. The third-order valence-corrected chi connectivity index (χ3v) is 3.58. The molecule has 0 saturated carbocycles. The van der Waals surface area contributed by atoms with Gasteiger partial charge in [-0.25, -0.2) is 0 Å². The van der Waals surface area contributed by atoms with E-state index in [1.165, 1.54) is 12.1 Å². The van der Waals surface area contributed by atoms with Crippen LogP contribution >= 0.6 is 0 Å². The third-order valence-electron chi connectivity index (χ3n) is 3.58. The number of amides is 1. The molecule has 128 valence electrons. The lowest BCUT2D eigenvalue weighted by atomic mass is 9.96. The molecule has 0 bridgehead atoms. The minimum Gasteiger partial charge on any atom is -0.504 e. The first kappa shape index (κ1) is 17.3. The average molecular weight is 333 g/mol. The lowest BCUT2D eigenvalue weighted by Gasteiger charge is -2.15. The minimum atomic E-state index is -0.775. The number of aromatic hydroxyl groups is 5. The summed E-state index contributed by atoms with van der Waals surface area (Å²) in [6.07, 6.45) is 1.64. The predicted octanol–water partition coefficient (Wildman–Crippen LogP) is 2.41. The number of unbranched alkanes of at least 4 members (excludes halogenated alkanes) is 1. The number of carbonyl (C=O) groups excluding carboxylic acids is 1. The molecule has 0 fully saturated rings. The van der Waals surface area contributed by atoms with Crippen LogP contribution in [0.25, 0.3) is 11.1 Å². The summed E-state index contributed by atoms with van der Waals surface area (Å²) in [7, 11) is 0. The van der Waals surface area contributed by atoms with Crippen LogP contribution in [0.3, 0.4) is 0 Å². The van der Waals surface area contributed by atoms with Gasteiger partial charge >= 0.3 is 0 Å². The quantitative estimate of drug-likeness (QED) is 0.368. The Labute approximate surface area is 138 Å². The van der Waals surface area contributed by atoms with Gasteiger partial charge in [-0.3, -0.25) is 4.79 Å². The first-order chi connectivity index (χ1) is 11.4. The zero-order valence-corrected chi connectivity index (χ0v) is 13.1. The van der Waals surface area contributed by atoms with Crippen molar-refractivity contribution in [1.82, 2.24) is 5.32 Å². The van der Waals surface area contributed by atoms with Crippen molar-refractivity contribution in [2.24, 2.45) is 0 Å². The van der Waals surface area contributed by atoms with E-state index < -0.39 is 28.9 Å². The topological polar surface area (TPSA) is 130 Å². The van der Waals surface area contributed by atoms with E-state index in [0.29, 0.717) is 6.54 Å². The van der Waals surface area contributed by atoms with Crippen LogP contribution in [0.5, 0.6) is 28.7 Å². The van der Waals surface area contributed by atoms with Crippen molar-refractivity contribution >= 4 is 5.91 Å². The summed E-state index contributed by atoms with van der Waals surface area (Å²) in [6.45, 7) is 2.38. The smallest absolute Gasteiger partial charge is 0.252 e. The van der Waals surface area contributed by atoms with Gasteiger partial charge in [0.05, 0.1) is 5.56 Å². The molecular weight excluding hydrogens is 314 g/mol. The van der Waals surface area contributed by atoms with Crippen LogP contribution in [0.1, 0.15) is 30.1 Å². The second-order valence-corrected chi connectivity index (χ2v) is 5.33. The molecule has 7 nitrogen and oxygen atoms in total. The third kappa shape index (κ3) is 3.29. The molecule has 0 aliphatic rings. The number of nitrogens with one attached hydrogen (secondary N) is 1. The molecule has 2 aromatic rings. The Hall–Kier alpha value is -3.09. The fourth-order valence-electron chi connectivity index (χ4n) is 2.27. The predicted molar refractivity (Wildman–Crippen MR) is 87.4 cm³/mol. The normalized spacial score (nSPS) is 10.5. The van der Waals surface area contributed by atoms with Crippen LogP contribution in [0.4, 0.5) is 0 Å². The van der Waals surface area contributed by atoms with Gasteiger partial charge < -0.3 is 30.8 Å². The van der Waals surface area contributed by atoms with Crippen LogP contribution < -0.4 is 5.32 Å². The van der Waals surface area contributed by atoms with E-state index in [4.69, 9.17) is 0 Å². The largest absolute Gasteiger partial charge is 0.504 e. The second kappa shape index (κ2) is 6.99. The molecule has 7 heteroatoms. The highest BCUT2D eigenvalue weighted by Crippen LogP contribution is 2.46. The summed E-state index contributed by atoms with van der Waals surface area (Å²) in [5, 5.41) is 51.3. The minimum absolute atomic E-state index is 0.0606. The standard InChI is InChI=1S/C17H19NO6/c1-2-3-6-18-17(24)10-8-13(21)15(22)16(23)14(10)9-4-5-11(19)12(20)7-9/h4-5,7-8,19-23H,2-3,6H2,1H3,(H,18,24). The summed E-state index contributed by atoms with van der Waals surface area (Å²) >= 11 is 0. The molecule has 0 aliphatic heterocycles. The van der Waals surface area contributed by atoms with E-state index in [9.17, 15) is 30.3 Å². The highest BCUT2D eigenvalue weighted by Gasteiger charge is 2.23. The van der Waals surface area contributed by atoms with Crippen LogP contribution in [-0.2, 0) is 0 Å². The molecule has 0 unspecified atom stereocenters. The van der Waals surface area contributed by atoms with Crippen molar-refractivity contribution in [3.63, 3.8) is 0 Å². The molecule has 2 rings (SSSR count). The van der Waals surface area contributed by atoms with Crippen molar-refractivity contribution in [3.8, 4) is 39.9 Å². The molecule has 0 radical (unpaired) electrons. The Morgan fingerprint density at radius 1 is 0.958 bits per heavy atom. The summed E-state index contributed by atoms with van der Waals surface area (Å²) < 4.78 is 0. The lowest BCUT2D eigenvalue weighted by molar-refractivity contribution is 0.0953. The van der Waals surface area contributed by atoms with E-state index >= 15 is 0 Å². The fraction of sp³-hybridized carbons (Fsp3) is 0.235. The number of hydrogen-bond acceptors (Lipinski definition) is 6. The van der Waals surface area contributed by atoms with Crippen molar-refractivity contribution in [1.29, 1.82) is 0 Å². The highest BCUT2D eigenvalue weighted by molar-refractivity contribution is 6.03. The van der Waals surface area contributed by atoms with Gasteiger partial charge in [0.2, 0.25) is 5.75 Å². The number of hydrogen-bond donors (Lipinski definition) is 6. The SMILES string of the molecule is CCCCNC(=O)c1cc(O)c(O)c(O)c1-c1ccc(O)c(O)c1. The molecule has 6 N–H and O–H groups in total. The molecular formula is C17H19NO6. The van der Waals surface area contributed by atoms with Crippen LogP contribution in [0.2, 0.25) is 0 Å². The molecule has 2 aromatic carbocycles. The van der Waals surface area contributed by atoms with Gasteiger partial charge in [0, 0.05) is 12.1 Å². The summed E-state index contributed by atoms with van der Waals surface area (Å²) in [5.41, 5.74) is 0.0670. The average Bonchev–Trinajstić information content (AvgIpc) is 2.55. The number of rotatable bonds is 5. The summed E-state index contributed by atoms with van der Waals surface area (Å²) in [4.78, 5) is 12.4. The number of benzene rings is 2. The van der Waals surface area contributed by atoms with Gasteiger partial charge in [0.15, 0.2) is 23.0 Å². The van der Waals surface area contributed by atoms with Crippen LogP contribution in [0, 0.1) is 0 Å². The van der Waals surface area contributed by atoms with Gasteiger partial charge in [-0.05, 0) is 30.2 Å². The number of phenols is 5. The molecule has 1 amide bonds. The van der Waals surface area contributed by atoms with E-state index in [2.05, 4.69) is 5.32 Å². The van der Waals surface area contributed by atoms with Gasteiger partial charge in [0.1, 0.15) is 0 Å². The number of carbonyl (C=O) groups is 1. The van der Waals surface area contributed by atoms with Gasteiger partial charge in [-0.2, -0.15) is 0 Å². The van der Waals surface area contributed by atoms with Crippen molar-refractivity contribution < 1.29 is 30.3 Å². The second-order valence-electron chi connectivity index (χ2n) is 5.33. The Morgan fingerprint density at radius 3 is 2.29 bits per heavy atom. The molecule has 0 spiro atoms. The van der Waals surface area contributed by atoms with Gasteiger partial charge in [0.25, 0.3) is 5.91 Å². The zero-order valence-electron chi connectivity index (χ0n) is 13.1. The monoisotopic (exact) mass is 333 g/mol. The molecule has 24 heavy (non-hydrogen) atoms. The summed E-state index contributed by atoms with van der Waals surface area (Å²) in [5.74, 6) is -3.47. The fourth-order valence-corrected chi connectivity index (χ4v) is 2.27.